The van der Waals surface area contributed by atoms with E-state index < -0.39 is 0 Å². The van der Waals surface area contributed by atoms with Gasteiger partial charge in [0.1, 0.15) is 0 Å². The molecule has 4 nitrogen and oxygen atoms in total. The summed E-state index contributed by atoms with van der Waals surface area (Å²) in [5.41, 5.74) is 0. The van der Waals surface area contributed by atoms with Crippen molar-refractivity contribution in [1.29, 1.82) is 0 Å². The quantitative estimate of drug-likeness (QED) is 0.632. The monoisotopic (exact) mass is 216 g/mol. The standard InChI is InChI=1S/C11H24N2O2/c1-10(11(15)12(2)3)13(4)8-6-5-7-9-14/h10,14H,5-9H2,1-4H3. The van der Waals surface area contributed by atoms with Gasteiger partial charge < -0.3 is 10.0 Å². The number of likely N-dealkylation sites (N-methyl/N-ethyl adjacent to an activating group) is 2. The van der Waals surface area contributed by atoms with Crippen LogP contribution < -0.4 is 0 Å². The summed E-state index contributed by atoms with van der Waals surface area (Å²) in [7, 11) is 5.52. The molecule has 0 aliphatic carbocycles. The first kappa shape index (κ1) is 14.4. The molecule has 0 spiro atoms. The van der Waals surface area contributed by atoms with E-state index in [0.717, 1.165) is 25.8 Å². The Hall–Kier alpha value is -0.610. The highest BCUT2D eigenvalue weighted by atomic mass is 16.2. The zero-order valence-corrected chi connectivity index (χ0v) is 10.4. The minimum Gasteiger partial charge on any atom is -0.396 e. The molecule has 0 fully saturated rings. The van der Waals surface area contributed by atoms with Crippen LogP contribution in [0.2, 0.25) is 0 Å². The van der Waals surface area contributed by atoms with E-state index in [1.165, 1.54) is 0 Å². The Labute approximate surface area is 92.9 Å². The molecule has 0 radical (unpaired) electrons. The molecule has 0 aromatic heterocycles. The number of amides is 1. The molecule has 0 saturated heterocycles. The summed E-state index contributed by atoms with van der Waals surface area (Å²) < 4.78 is 0. The van der Waals surface area contributed by atoms with Crippen molar-refractivity contribution < 1.29 is 9.90 Å². The van der Waals surface area contributed by atoms with Crippen LogP contribution in [0.5, 0.6) is 0 Å². The van der Waals surface area contributed by atoms with Crippen molar-refractivity contribution in [3.63, 3.8) is 0 Å². The normalized spacial score (nSPS) is 12.9. The summed E-state index contributed by atoms with van der Waals surface area (Å²) in [5, 5.41) is 8.63. The zero-order valence-electron chi connectivity index (χ0n) is 10.4. The van der Waals surface area contributed by atoms with Gasteiger partial charge in [0, 0.05) is 20.7 Å². The van der Waals surface area contributed by atoms with Gasteiger partial charge in [0.25, 0.3) is 0 Å². The maximum atomic E-state index is 11.6. The van der Waals surface area contributed by atoms with Crippen molar-refractivity contribution in [2.45, 2.75) is 32.2 Å². The fourth-order valence-electron chi connectivity index (χ4n) is 1.41. The molecule has 1 N–H and O–H groups in total. The van der Waals surface area contributed by atoms with Crippen molar-refractivity contribution in [3.05, 3.63) is 0 Å². The van der Waals surface area contributed by atoms with E-state index in [4.69, 9.17) is 5.11 Å². The van der Waals surface area contributed by atoms with Crippen molar-refractivity contribution in [1.82, 2.24) is 9.80 Å². The van der Waals surface area contributed by atoms with E-state index in [-0.39, 0.29) is 18.6 Å². The number of aliphatic hydroxyl groups is 1. The lowest BCUT2D eigenvalue weighted by atomic mass is 10.2. The fraction of sp³-hybridized carbons (Fsp3) is 0.909. The minimum atomic E-state index is -0.0610. The molecule has 1 atom stereocenters. The average molecular weight is 216 g/mol. The van der Waals surface area contributed by atoms with Crippen molar-refractivity contribution >= 4 is 5.91 Å². The lowest BCUT2D eigenvalue weighted by Crippen LogP contribution is -2.42. The molecule has 0 bridgehead atoms. The SMILES string of the molecule is CC(C(=O)N(C)C)N(C)CCCCCO. The van der Waals surface area contributed by atoms with Crippen LogP contribution in [0.3, 0.4) is 0 Å². The largest absolute Gasteiger partial charge is 0.396 e. The van der Waals surface area contributed by atoms with E-state index in [2.05, 4.69) is 4.90 Å². The Balaban J connectivity index is 3.78. The van der Waals surface area contributed by atoms with Crippen LogP contribution in [-0.2, 0) is 4.79 Å². The third-order valence-corrected chi connectivity index (χ3v) is 2.63. The fourth-order valence-corrected chi connectivity index (χ4v) is 1.41. The lowest BCUT2D eigenvalue weighted by molar-refractivity contribution is -0.133. The summed E-state index contributed by atoms with van der Waals surface area (Å²) in [6, 6.07) is -0.0610. The van der Waals surface area contributed by atoms with Crippen LogP contribution in [0.25, 0.3) is 0 Å². The van der Waals surface area contributed by atoms with Crippen molar-refractivity contribution in [2.75, 3.05) is 34.3 Å². The smallest absolute Gasteiger partial charge is 0.239 e. The summed E-state index contributed by atoms with van der Waals surface area (Å²) in [6.45, 7) is 3.09. The molecule has 0 aromatic rings. The lowest BCUT2D eigenvalue weighted by Gasteiger charge is -2.26. The Morgan fingerprint density at radius 2 is 1.80 bits per heavy atom. The molecule has 15 heavy (non-hydrogen) atoms. The van der Waals surface area contributed by atoms with Gasteiger partial charge in [-0.3, -0.25) is 9.69 Å². The molecule has 1 unspecified atom stereocenters. The highest BCUT2D eigenvalue weighted by molar-refractivity contribution is 5.80. The molecule has 0 aromatic carbocycles. The Morgan fingerprint density at radius 1 is 1.20 bits per heavy atom. The maximum absolute atomic E-state index is 11.6. The van der Waals surface area contributed by atoms with Crippen LogP contribution in [0.1, 0.15) is 26.2 Å². The summed E-state index contributed by atoms with van der Waals surface area (Å²) in [4.78, 5) is 15.3. The van der Waals surface area contributed by atoms with E-state index in [1.54, 1.807) is 19.0 Å². The number of hydrogen-bond acceptors (Lipinski definition) is 3. The van der Waals surface area contributed by atoms with Gasteiger partial charge in [-0.05, 0) is 39.8 Å². The van der Waals surface area contributed by atoms with E-state index in [0.29, 0.717) is 0 Å². The Kier molecular flexibility index (Phi) is 7.34. The molecular weight excluding hydrogens is 192 g/mol. The maximum Gasteiger partial charge on any atom is 0.239 e. The first-order chi connectivity index (χ1) is 7.00. The van der Waals surface area contributed by atoms with E-state index in [1.807, 2.05) is 14.0 Å². The number of rotatable bonds is 7. The average Bonchev–Trinajstić information content (AvgIpc) is 2.21. The second-order valence-electron chi connectivity index (χ2n) is 4.17. The highest BCUT2D eigenvalue weighted by Gasteiger charge is 2.18. The highest BCUT2D eigenvalue weighted by Crippen LogP contribution is 2.03. The summed E-state index contributed by atoms with van der Waals surface area (Å²) in [5.74, 6) is 0.139. The van der Waals surface area contributed by atoms with E-state index >= 15 is 0 Å². The van der Waals surface area contributed by atoms with Gasteiger partial charge >= 0.3 is 0 Å². The Bertz CT molecular complexity index is 183. The Morgan fingerprint density at radius 3 is 2.27 bits per heavy atom. The van der Waals surface area contributed by atoms with Gasteiger partial charge in [-0.2, -0.15) is 0 Å². The minimum absolute atomic E-state index is 0.0610. The molecule has 90 valence electrons. The number of hydrogen-bond donors (Lipinski definition) is 1. The number of carbonyl (C=O) groups excluding carboxylic acids is 1. The number of aliphatic hydroxyl groups excluding tert-OH is 1. The second-order valence-corrected chi connectivity index (χ2v) is 4.17. The third-order valence-electron chi connectivity index (χ3n) is 2.63. The zero-order chi connectivity index (χ0) is 11.8. The molecule has 0 rings (SSSR count). The topological polar surface area (TPSA) is 43.8 Å². The van der Waals surface area contributed by atoms with Crippen LogP contribution in [0, 0.1) is 0 Å². The molecule has 0 aliphatic rings. The summed E-state index contributed by atoms with van der Waals surface area (Å²) >= 11 is 0. The van der Waals surface area contributed by atoms with E-state index in [9.17, 15) is 4.79 Å². The number of carbonyl (C=O) groups is 1. The van der Waals surface area contributed by atoms with Gasteiger partial charge in [-0.15, -0.1) is 0 Å². The molecular formula is C11H24N2O2. The van der Waals surface area contributed by atoms with Gasteiger partial charge in [0.15, 0.2) is 0 Å². The number of nitrogens with zero attached hydrogens (tertiary/aromatic N) is 2. The van der Waals surface area contributed by atoms with Gasteiger partial charge in [-0.25, -0.2) is 0 Å². The van der Waals surface area contributed by atoms with Crippen LogP contribution in [0.15, 0.2) is 0 Å². The van der Waals surface area contributed by atoms with Crippen molar-refractivity contribution in [3.8, 4) is 0 Å². The molecule has 0 saturated carbocycles. The molecule has 1 amide bonds. The number of unbranched alkanes of at least 4 members (excludes halogenated alkanes) is 2. The predicted octanol–water partition coefficient (Wildman–Crippen LogP) is 0.557. The van der Waals surface area contributed by atoms with Crippen molar-refractivity contribution in [2.24, 2.45) is 0 Å². The first-order valence-corrected chi connectivity index (χ1v) is 5.53. The molecule has 0 heterocycles. The van der Waals surface area contributed by atoms with Crippen LogP contribution >= 0.6 is 0 Å². The molecule has 4 heteroatoms. The van der Waals surface area contributed by atoms with Gasteiger partial charge in [0.05, 0.1) is 6.04 Å². The molecule has 0 aliphatic heterocycles. The summed E-state index contributed by atoms with van der Waals surface area (Å²) in [6.07, 6.45) is 2.90. The predicted molar refractivity (Wildman–Crippen MR) is 61.7 cm³/mol. The first-order valence-electron chi connectivity index (χ1n) is 5.53. The van der Waals surface area contributed by atoms with Crippen LogP contribution in [0.4, 0.5) is 0 Å². The van der Waals surface area contributed by atoms with Crippen LogP contribution in [-0.4, -0.2) is 61.2 Å². The van der Waals surface area contributed by atoms with Gasteiger partial charge in [-0.1, -0.05) is 0 Å². The second kappa shape index (κ2) is 7.65. The van der Waals surface area contributed by atoms with Gasteiger partial charge in [0.2, 0.25) is 5.91 Å². The third kappa shape index (κ3) is 5.74.